The second kappa shape index (κ2) is 8.67. The molecule has 132 valence electrons. The zero-order valence-electron chi connectivity index (χ0n) is 14.4. The highest BCUT2D eigenvalue weighted by Gasteiger charge is 2.38. The minimum Gasteiger partial charge on any atom is -0.380 e. The Bertz CT molecular complexity index is 397. The fourth-order valence-corrected chi connectivity index (χ4v) is 3.73. The second-order valence-corrected chi connectivity index (χ2v) is 7.53. The molecule has 0 heterocycles. The molecule has 0 bridgehead atoms. The van der Waals surface area contributed by atoms with Gasteiger partial charge in [-0.05, 0) is 50.4 Å². The van der Waals surface area contributed by atoms with Crippen LogP contribution in [0.15, 0.2) is 0 Å². The Morgan fingerprint density at radius 2 is 1.61 bits per heavy atom. The van der Waals surface area contributed by atoms with Crippen LogP contribution in [0.1, 0.15) is 71.1 Å². The quantitative estimate of drug-likeness (QED) is 0.655. The van der Waals surface area contributed by atoms with Crippen molar-refractivity contribution in [2.45, 2.75) is 76.7 Å². The summed E-state index contributed by atoms with van der Waals surface area (Å²) in [6, 6.07) is 0. The van der Waals surface area contributed by atoms with Crippen LogP contribution >= 0.6 is 0 Å². The fourth-order valence-electron chi connectivity index (χ4n) is 3.73. The summed E-state index contributed by atoms with van der Waals surface area (Å²) in [6.45, 7) is 2.97. The Labute approximate surface area is 139 Å². The van der Waals surface area contributed by atoms with E-state index < -0.39 is 5.60 Å². The Morgan fingerprint density at radius 3 is 2.26 bits per heavy atom. The van der Waals surface area contributed by atoms with E-state index in [1.54, 1.807) is 0 Å². The topological polar surface area (TPSA) is 78.4 Å². The first-order chi connectivity index (χ1) is 11.0. The summed E-state index contributed by atoms with van der Waals surface area (Å²) in [7, 11) is 0. The van der Waals surface area contributed by atoms with E-state index in [0.717, 1.165) is 25.7 Å². The number of hydrogen-bond acceptors (Lipinski definition) is 3. The minimum absolute atomic E-state index is 0.0800. The number of aliphatic hydroxyl groups is 1. The summed E-state index contributed by atoms with van der Waals surface area (Å²) in [5.41, 5.74) is -1.21. The predicted octanol–water partition coefficient (Wildman–Crippen LogP) is 2.13. The van der Waals surface area contributed by atoms with Crippen LogP contribution in [-0.4, -0.2) is 35.6 Å². The van der Waals surface area contributed by atoms with Gasteiger partial charge in [-0.15, -0.1) is 0 Å². The average molecular weight is 324 g/mol. The van der Waals surface area contributed by atoms with Crippen LogP contribution in [-0.2, 0) is 9.59 Å². The van der Waals surface area contributed by atoms with Gasteiger partial charge in [0.05, 0.1) is 0 Å². The fraction of sp³-hybridized carbons (Fsp3) is 0.889. The molecule has 2 saturated carbocycles. The number of nitrogens with one attached hydrogen (secondary N) is 2. The van der Waals surface area contributed by atoms with Crippen LogP contribution in [0.4, 0.5) is 0 Å². The van der Waals surface area contributed by atoms with Gasteiger partial charge >= 0.3 is 0 Å². The Hall–Kier alpha value is -1.10. The molecule has 0 spiro atoms. The second-order valence-electron chi connectivity index (χ2n) is 7.53. The first kappa shape index (κ1) is 18.2. The number of carbonyl (C=O) groups excluding carboxylic acids is 2. The van der Waals surface area contributed by atoms with Crippen molar-refractivity contribution < 1.29 is 14.7 Å². The van der Waals surface area contributed by atoms with Crippen LogP contribution in [0.2, 0.25) is 0 Å². The smallest absolute Gasteiger partial charge is 0.252 e. The lowest BCUT2D eigenvalue weighted by Gasteiger charge is -2.33. The van der Waals surface area contributed by atoms with E-state index in [9.17, 15) is 14.7 Å². The molecule has 5 heteroatoms. The monoisotopic (exact) mass is 324 g/mol. The summed E-state index contributed by atoms with van der Waals surface area (Å²) in [5.74, 6) is 0.910. The molecule has 0 unspecified atom stereocenters. The largest absolute Gasteiger partial charge is 0.380 e. The van der Waals surface area contributed by atoms with E-state index in [0.29, 0.717) is 44.2 Å². The summed E-state index contributed by atoms with van der Waals surface area (Å²) in [4.78, 5) is 24.0. The van der Waals surface area contributed by atoms with Gasteiger partial charge in [-0.2, -0.15) is 0 Å². The van der Waals surface area contributed by atoms with Crippen molar-refractivity contribution in [3.63, 3.8) is 0 Å². The van der Waals surface area contributed by atoms with E-state index in [1.807, 2.05) is 0 Å². The van der Waals surface area contributed by atoms with Gasteiger partial charge in [0, 0.05) is 19.5 Å². The van der Waals surface area contributed by atoms with Crippen molar-refractivity contribution >= 4 is 11.8 Å². The predicted molar refractivity (Wildman–Crippen MR) is 89.8 cm³/mol. The maximum atomic E-state index is 12.1. The van der Waals surface area contributed by atoms with Gasteiger partial charge in [0.25, 0.3) is 5.91 Å². The maximum absolute atomic E-state index is 12.1. The van der Waals surface area contributed by atoms with E-state index in [-0.39, 0.29) is 11.8 Å². The van der Waals surface area contributed by atoms with Crippen LogP contribution in [0.25, 0.3) is 0 Å². The number of rotatable bonds is 6. The average Bonchev–Trinajstić information content (AvgIpc) is 2.55. The summed E-state index contributed by atoms with van der Waals surface area (Å²) >= 11 is 0. The molecule has 0 saturated heterocycles. The van der Waals surface area contributed by atoms with E-state index in [1.165, 1.54) is 19.3 Å². The van der Waals surface area contributed by atoms with E-state index >= 15 is 0 Å². The van der Waals surface area contributed by atoms with Crippen LogP contribution in [0.5, 0.6) is 0 Å². The maximum Gasteiger partial charge on any atom is 0.252 e. The molecule has 0 aliphatic heterocycles. The Morgan fingerprint density at radius 1 is 1.00 bits per heavy atom. The van der Waals surface area contributed by atoms with E-state index in [2.05, 4.69) is 17.6 Å². The van der Waals surface area contributed by atoms with Gasteiger partial charge in [0.2, 0.25) is 5.91 Å². The first-order valence-electron chi connectivity index (χ1n) is 9.27. The van der Waals surface area contributed by atoms with Gasteiger partial charge in [-0.3, -0.25) is 9.59 Å². The van der Waals surface area contributed by atoms with Crippen molar-refractivity contribution in [2.75, 3.05) is 13.1 Å². The molecular weight excluding hydrogens is 292 g/mol. The van der Waals surface area contributed by atoms with Crippen LogP contribution < -0.4 is 10.6 Å². The zero-order chi connectivity index (χ0) is 16.7. The molecule has 2 rings (SSSR count). The number of hydrogen-bond donors (Lipinski definition) is 3. The lowest BCUT2D eigenvalue weighted by molar-refractivity contribution is -0.143. The molecule has 0 atom stereocenters. The van der Waals surface area contributed by atoms with Crippen LogP contribution in [0, 0.1) is 11.8 Å². The molecule has 2 fully saturated rings. The molecule has 0 aromatic heterocycles. The first-order valence-corrected chi connectivity index (χ1v) is 9.27. The highest BCUT2D eigenvalue weighted by molar-refractivity contribution is 5.85. The Kier molecular flexibility index (Phi) is 6.88. The van der Waals surface area contributed by atoms with Crippen LogP contribution in [0.3, 0.4) is 0 Å². The summed E-state index contributed by atoms with van der Waals surface area (Å²) < 4.78 is 0. The number of amides is 2. The summed E-state index contributed by atoms with van der Waals surface area (Å²) in [6.07, 6.45) is 9.56. The molecule has 23 heavy (non-hydrogen) atoms. The lowest BCUT2D eigenvalue weighted by Crippen LogP contribution is -2.50. The van der Waals surface area contributed by atoms with Crippen molar-refractivity contribution in [3.05, 3.63) is 0 Å². The molecule has 5 nitrogen and oxygen atoms in total. The van der Waals surface area contributed by atoms with Gasteiger partial charge in [0.1, 0.15) is 5.60 Å². The molecular formula is C18H32N2O3. The molecule has 0 aromatic carbocycles. The lowest BCUT2D eigenvalue weighted by atomic mass is 9.79. The van der Waals surface area contributed by atoms with Gasteiger partial charge in [-0.1, -0.05) is 26.2 Å². The molecule has 2 amide bonds. The Balaban J connectivity index is 1.59. The highest BCUT2D eigenvalue weighted by atomic mass is 16.3. The molecule has 3 N–H and O–H groups in total. The third kappa shape index (κ3) is 5.79. The van der Waals surface area contributed by atoms with Crippen molar-refractivity contribution in [3.8, 4) is 0 Å². The van der Waals surface area contributed by atoms with Gasteiger partial charge < -0.3 is 15.7 Å². The SMILES string of the molecule is CC1CCC(O)(C(=O)NCCNC(=O)CC2CCCCC2)CC1. The van der Waals surface area contributed by atoms with Crippen molar-refractivity contribution in [1.29, 1.82) is 0 Å². The molecule has 2 aliphatic rings. The zero-order valence-corrected chi connectivity index (χ0v) is 14.4. The number of carbonyl (C=O) groups is 2. The standard InChI is InChI=1S/C18H32N2O3/c1-14-7-9-18(23,10-8-14)17(22)20-12-11-19-16(21)13-15-5-3-2-4-6-15/h14-15,23H,2-13H2,1H3,(H,19,21)(H,20,22). The van der Waals surface area contributed by atoms with Crippen molar-refractivity contribution in [2.24, 2.45) is 11.8 Å². The van der Waals surface area contributed by atoms with Gasteiger partial charge in [-0.25, -0.2) is 0 Å². The molecule has 2 aliphatic carbocycles. The minimum atomic E-state index is -1.21. The molecule has 0 radical (unpaired) electrons. The van der Waals surface area contributed by atoms with Gasteiger partial charge in [0.15, 0.2) is 0 Å². The third-order valence-electron chi connectivity index (χ3n) is 5.46. The third-order valence-corrected chi connectivity index (χ3v) is 5.46. The highest BCUT2D eigenvalue weighted by Crippen LogP contribution is 2.31. The summed E-state index contributed by atoms with van der Waals surface area (Å²) in [5, 5.41) is 16.0. The normalized spacial score (nSPS) is 29.0. The van der Waals surface area contributed by atoms with E-state index in [4.69, 9.17) is 0 Å². The molecule has 0 aromatic rings. The van der Waals surface area contributed by atoms with Crippen molar-refractivity contribution in [1.82, 2.24) is 10.6 Å².